The fourth-order valence-electron chi connectivity index (χ4n) is 4.49. The second-order valence-electron chi connectivity index (χ2n) is 9.67. The second-order valence-corrected chi connectivity index (χ2v) is 9.67. The number of ether oxygens (including phenoxy) is 1. The number of rotatable bonds is 7. The van der Waals surface area contributed by atoms with Crippen LogP contribution in [0.3, 0.4) is 0 Å². The topological polar surface area (TPSA) is 59.4 Å². The van der Waals surface area contributed by atoms with Crippen LogP contribution in [0.15, 0.2) is 48.4 Å². The van der Waals surface area contributed by atoms with Gasteiger partial charge in [0, 0.05) is 60.5 Å². The van der Waals surface area contributed by atoms with Gasteiger partial charge in [0.25, 0.3) is 0 Å². The third-order valence-corrected chi connectivity index (χ3v) is 7.38. The molecule has 2 heterocycles. The fraction of sp³-hybridized carbons (Fsp3) is 0.419. The minimum Gasteiger partial charge on any atom is -0.512 e. The third-order valence-electron chi connectivity index (χ3n) is 7.38. The number of hydrogen-bond donors (Lipinski definition) is 1. The van der Waals surface area contributed by atoms with E-state index in [0.29, 0.717) is 0 Å². The fourth-order valence-corrected chi connectivity index (χ4v) is 4.49. The molecule has 1 N–H and O–H groups in total. The van der Waals surface area contributed by atoms with E-state index in [2.05, 4.69) is 30.1 Å². The Labute approximate surface area is 229 Å². The number of carbonyl (C=O) groups is 1. The second kappa shape index (κ2) is 12.7. The molecular formula is C31H38IrNO3-. The van der Waals surface area contributed by atoms with Gasteiger partial charge in [0.15, 0.2) is 5.78 Å². The summed E-state index contributed by atoms with van der Waals surface area (Å²) in [5.74, 6) is 2.20. The van der Waals surface area contributed by atoms with Gasteiger partial charge in [0.2, 0.25) is 0 Å². The van der Waals surface area contributed by atoms with Crippen LogP contribution in [0.4, 0.5) is 0 Å². The zero-order valence-corrected chi connectivity index (χ0v) is 24.9. The number of pyridine rings is 1. The number of benzene rings is 2. The summed E-state index contributed by atoms with van der Waals surface area (Å²) in [6.07, 6.45) is 6.68. The van der Waals surface area contributed by atoms with Gasteiger partial charge in [-0.05, 0) is 43.2 Å². The van der Waals surface area contributed by atoms with Crippen molar-refractivity contribution in [1.82, 2.24) is 4.98 Å². The minimum absolute atomic E-state index is 0. The number of aliphatic hydroxyl groups excluding tert-OH is 1. The Morgan fingerprint density at radius 1 is 1.14 bits per heavy atom. The van der Waals surface area contributed by atoms with Crippen LogP contribution in [-0.4, -0.2) is 15.9 Å². The summed E-state index contributed by atoms with van der Waals surface area (Å²) in [5, 5.41) is 12.1. The van der Waals surface area contributed by atoms with Crippen LogP contribution in [-0.2, 0) is 24.9 Å². The number of hydrogen-bond acceptors (Lipinski definition) is 4. The Kier molecular flexibility index (Phi) is 10.5. The smallest absolute Gasteiger partial charge is 0.164 e. The Balaban J connectivity index is 0.000000252. The van der Waals surface area contributed by atoms with Gasteiger partial charge in [-0.1, -0.05) is 71.7 Å². The maximum Gasteiger partial charge on any atom is 0.164 e. The standard InChI is InChI=1S/C17H12NO.C14H26O2.Ir/c1-10-8-11(2)17-13(9-10)16-15-12(6-7-18-16)4-3-5-14(15)19-17;1-6-11(7-2)12(15)10-13(16)14(5,8-3)9-4;/h3-8H,1-2H3;10-11,15H,6-9H2,1-5H3;/q-1;;/b;12-10-;. The Morgan fingerprint density at radius 2 is 1.81 bits per heavy atom. The van der Waals surface area contributed by atoms with Crippen molar-refractivity contribution in [3.8, 4) is 22.8 Å². The molecule has 0 aliphatic carbocycles. The van der Waals surface area contributed by atoms with Gasteiger partial charge in [-0.3, -0.25) is 4.79 Å². The number of aliphatic hydroxyl groups is 1. The first kappa shape index (κ1) is 29.7. The molecule has 1 aliphatic rings. The van der Waals surface area contributed by atoms with Crippen LogP contribution in [0.2, 0.25) is 0 Å². The molecule has 0 saturated heterocycles. The maximum absolute atomic E-state index is 12.0. The molecule has 195 valence electrons. The predicted molar refractivity (Wildman–Crippen MR) is 144 cm³/mol. The zero-order valence-electron chi connectivity index (χ0n) is 22.5. The third kappa shape index (κ3) is 6.07. The van der Waals surface area contributed by atoms with Gasteiger partial charge in [-0.15, -0.1) is 17.7 Å². The molecule has 2 aromatic carbocycles. The molecule has 0 bridgehead atoms. The van der Waals surface area contributed by atoms with Crippen LogP contribution in [0.25, 0.3) is 22.0 Å². The average molecular weight is 665 g/mol. The monoisotopic (exact) mass is 665 g/mol. The van der Waals surface area contributed by atoms with Crippen molar-refractivity contribution in [3.63, 3.8) is 0 Å². The van der Waals surface area contributed by atoms with Crippen LogP contribution in [0.5, 0.6) is 11.5 Å². The Bertz CT molecular complexity index is 1230. The van der Waals surface area contributed by atoms with Gasteiger partial charge in [-0.25, -0.2) is 0 Å². The van der Waals surface area contributed by atoms with Gasteiger partial charge in [0.05, 0.1) is 5.76 Å². The predicted octanol–water partition coefficient (Wildman–Crippen LogP) is 8.68. The van der Waals surface area contributed by atoms with Crippen LogP contribution in [0.1, 0.15) is 71.4 Å². The van der Waals surface area contributed by atoms with Gasteiger partial charge in [-0.2, -0.15) is 0 Å². The van der Waals surface area contributed by atoms with Crippen molar-refractivity contribution in [3.05, 3.63) is 65.6 Å². The summed E-state index contributed by atoms with van der Waals surface area (Å²) in [6.45, 7) is 14.2. The number of aromatic nitrogens is 1. The molecule has 0 saturated carbocycles. The molecular weight excluding hydrogens is 627 g/mol. The first-order valence-electron chi connectivity index (χ1n) is 12.7. The van der Waals surface area contributed by atoms with Crippen molar-refractivity contribution in [2.24, 2.45) is 11.3 Å². The van der Waals surface area contributed by atoms with E-state index in [-0.39, 0.29) is 43.0 Å². The van der Waals surface area contributed by atoms with E-state index in [1.165, 1.54) is 6.08 Å². The van der Waals surface area contributed by atoms with E-state index in [1.807, 2.05) is 65.9 Å². The van der Waals surface area contributed by atoms with Crippen molar-refractivity contribution in [2.45, 2.75) is 74.1 Å². The van der Waals surface area contributed by atoms with Crippen LogP contribution < -0.4 is 4.74 Å². The molecule has 36 heavy (non-hydrogen) atoms. The quantitative estimate of drug-likeness (QED) is 0.122. The summed E-state index contributed by atoms with van der Waals surface area (Å²) in [7, 11) is 0. The van der Waals surface area contributed by atoms with Gasteiger partial charge < -0.3 is 14.8 Å². The van der Waals surface area contributed by atoms with E-state index in [9.17, 15) is 9.90 Å². The summed E-state index contributed by atoms with van der Waals surface area (Å²) in [5.41, 5.74) is 3.86. The molecule has 0 atom stereocenters. The summed E-state index contributed by atoms with van der Waals surface area (Å²) < 4.78 is 6.06. The maximum atomic E-state index is 12.0. The average Bonchev–Trinajstić information content (AvgIpc) is 2.85. The molecule has 1 aliphatic heterocycles. The molecule has 3 aromatic rings. The first-order chi connectivity index (χ1) is 16.7. The number of fused-ring (bicyclic) bond motifs is 2. The number of ketones is 1. The van der Waals surface area contributed by atoms with Gasteiger partial charge in [0.1, 0.15) is 5.75 Å². The molecule has 0 unspecified atom stereocenters. The molecule has 1 aromatic heterocycles. The molecule has 4 nitrogen and oxygen atoms in total. The summed E-state index contributed by atoms with van der Waals surface area (Å²) in [6, 6.07) is 13.6. The number of aryl methyl sites for hydroxylation is 2. The molecule has 0 spiro atoms. The largest absolute Gasteiger partial charge is 0.512 e. The number of allylic oxidation sites excluding steroid dienone is 2. The molecule has 5 heteroatoms. The Hall–Kier alpha value is -2.49. The van der Waals surface area contributed by atoms with Crippen molar-refractivity contribution in [2.75, 3.05) is 0 Å². The van der Waals surface area contributed by atoms with Gasteiger partial charge >= 0.3 is 0 Å². The van der Waals surface area contributed by atoms with Crippen LogP contribution in [0, 0.1) is 31.2 Å². The zero-order chi connectivity index (χ0) is 25.8. The normalized spacial score (nSPS) is 12.3. The first-order valence-corrected chi connectivity index (χ1v) is 12.7. The van der Waals surface area contributed by atoms with E-state index >= 15 is 0 Å². The van der Waals surface area contributed by atoms with E-state index in [1.54, 1.807) is 0 Å². The Morgan fingerprint density at radius 3 is 2.42 bits per heavy atom. The molecule has 0 amide bonds. The molecule has 4 rings (SSSR count). The number of carbonyl (C=O) groups excluding carboxylic acids is 1. The van der Waals surface area contributed by atoms with Crippen molar-refractivity contribution >= 4 is 16.6 Å². The van der Waals surface area contributed by atoms with E-state index in [0.717, 1.165) is 70.3 Å². The summed E-state index contributed by atoms with van der Waals surface area (Å²) >= 11 is 0. The van der Waals surface area contributed by atoms with Crippen LogP contribution >= 0.6 is 0 Å². The molecule has 0 fully saturated rings. The van der Waals surface area contributed by atoms with E-state index in [4.69, 9.17) is 4.74 Å². The molecule has 1 radical (unpaired) electrons. The van der Waals surface area contributed by atoms with Crippen molar-refractivity contribution < 1.29 is 34.7 Å². The van der Waals surface area contributed by atoms with E-state index < -0.39 is 0 Å². The minimum atomic E-state index is -0.319. The SMILES string of the molecule is CCC(CC)/C(O)=C/C(=O)C(C)(CC)CC.Cc1[c-]c2c(c(C)c1)Oc1cccc3ccnc-2c13.[Ir]. The number of nitrogens with zero attached hydrogens (tertiary/aromatic N) is 1. The van der Waals surface area contributed by atoms with Crippen molar-refractivity contribution in [1.29, 1.82) is 0 Å². The summed E-state index contributed by atoms with van der Waals surface area (Å²) in [4.78, 5) is 16.6.